The number of hydrogen-bond donors (Lipinski definition) is 3. The van der Waals surface area contributed by atoms with Crippen molar-refractivity contribution in [3.63, 3.8) is 0 Å². The second kappa shape index (κ2) is 5.23. The minimum absolute atomic E-state index is 0.0427. The number of aromatic hydroxyl groups is 1. The molecule has 2 aromatic carbocycles. The third-order valence-electron chi connectivity index (χ3n) is 2.84. The summed E-state index contributed by atoms with van der Waals surface area (Å²) in [6.45, 7) is 0. The summed E-state index contributed by atoms with van der Waals surface area (Å²) in [5.41, 5.74) is 7.70. The molecule has 3 aromatic rings. The van der Waals surface area contributed by atoms with E-state index in [0.29, 0.717) is 27.4 Å². The maximum atomic E-state index is 9.98. The highest BCUT2D eigenvalue weighted by molar-refractivity contribution is 7.80. The highest BCUT2D eigenvalue weighted by atomic mass is 35.5. The number of benzene rings is 2. The van der Waals surface area contributed by atoms with Crippen molar-refractivity contribution < 1.29 is 9.52 Å². The van der Waals surface area contributed by atoms with Gasteiger partial charge < -0.3 is 20.6 Å². The number of aromatic nitrogens is 1. The summed E-state index contributed by atoms with van der Waals surface area (Å²) in [6, 6.07) is 9.94. The largest absolute Gasteiger partial charge is 0.507 e. The third-order valence-corrected chi connectivity index (χ3v) is 3.18. The van der Waals surface area contributed by atoms with Crippen molar-refractivity contribution >= 4 is 45.7 Å². The number of phenolic OH excluding ortho intramolecular Hbond substituents is 1. The lowest BCUT2D eigenvalue weighted by Gasteiger charge is -2.06. The fraction of sp³-hybridized carbons (Fsp3) is 0. The fourth-order valence-corrected chi connectivity index (χ4v) is 2.23. The van der Waals surface area contributed by atoms with Crippen LogP contribution in [0.15, 0.2) is 40.8 Å². The van der Waals surface area contributed by atoms with Gasteiger partial charge in [0.05, 0.1) is 5.56 Å². The van der Waals surface area contributed by atoms with E-state index >= 15 is 0 Å². The quantitative estimate of drug-likeness (QED) is 0.495. The number of thiocarbonyl (C=S) groups is 1. The average molecular weight is 320 g/mol. The van der Waals surface area contributed by atoms with Gasteiger partial charge in [0, 0.05) is 10.7 Å². The minimum Gasteiger partial charge on any atom is -0.507 e. The van der Waals surface area contributed by atoms with Crippen LogP contribution in [0.3, 0.4) is 0 Å². The second-order valence-corrected chi connectivity index (χ2v) is 5.23. The standard InChI is InChI=1S/C14H10ClN3O2S/c15-7-1-4-12-10(5-7)18-13(20-12)9-6-8(17-14(16)21)2-3-11(9)19/h1-6,19H,(H3,16,17,21). The number of halogens is 1. The summed E-state index contributed by atoms with van der Waals surface area (Å²) in [5, 5.41) is 13.5. The number of nitrogens with zero attached hydrogens (tertiary/aromatic N) is 1. The number of anilines is 1. The first kappa shape index (κ1) is 13.7. The van der Waals surface area contributed by atoms with E-state index in [9.17, 15) is 5.11 Å². The van der Waals surface area contributed by atoms with Crippen molar-refractivity contribution in [2.24, 2.45) is 5.73 Å². The Morgan fingerprint density at radius 3 is 2.86 bits per heavy atom. The minimum atomic E-state index is 0.0427. The van der Waals surface area contributed by atoms with Gasteiger partial charge in [-0.25, -0.2) is 4.98 Å². The molecule has 0 aliphatic carbocycles. The molecular formula is C14H10ClN3O2S. The van der Waals surface area contributed by atoms with E-state index in [-0.39, 0.29) is 16.8 Å². The summed E-state index contributed by atoms with van der Waals surface area (Å²) in [4.78, 5) is 4.32. The molecule has 21 heavy (non-hydrogen) atoms. The molecule has 0 unspecified atom stereocenters. The molecule has 0 bridgehead atoms. The average Bonchev–Trinajstić information content (AvgIpc) is 2.83. The molecule has 0 aliphatic rings. The van der Waals surface area contributed by atoms with E-state index in [0.717, 1.165) is 0 Å². The van der Waals surface area contributed by atoms with E-state index in [4.69, 9.17) is 34.0 Å². The molecular weight excluding hydrogens is 310 g/mol. The fourth-order valence-electron chi connectivity index (χ4n) is 1.94. The van der Waals surface area contributed by atoms with E-state index < -0.39 is 0 Å². The van der Waals surface area contributed by atoms with Crippen LogP contribution in [0.2, 0.25) is 5.02 Å². The molecule has 7 heteroatoms. The monoisotopic (exact) mass is 319 g/mol. The summed E-state index contributed by atoms with van der Waals surface area (Å²) in [7, 11) is 0. The molecule has 0 atom stereocenters. The predicted molar refractivity (Wildman–Crippen MR) is 86.5 cm³/mol. The topological polar surface area (TPSA) is 84.3 Å². The Balaban J connectivity index is 2.10. The first-order chi connectivity index (χ1) is 10.0. The Morgan fingerprint density at radius 1 is 1.29 bits per heavy atom. The van der Waals surface area contributed by atoms with Gasteiger partial charge in [0.1, 0.15) is 11.3 Å². The molecule has 1 aromatic heterocycles. The van der Waals surface area contributed by atoms with Crippen molar-refractivity contribution in [3.8, 4) is 17.2 Å². The molecule has 0 fully saturated rings. The van der Waals surface area contributed by atoms with Gasteiger partial charge in [0.25, 0.3) is 0 Å². The van der Waals surface area contributed by atoms with Gasteiger partial charge >= 0.3 is 0 Å². The van der Waals surface area contributed by atoms with Crippen LogP contribution in [0, 0.1) is 0 Å². The zero-order chi connectivity index (χ0) is 15.0. The van der Waals surface area contributed by atoms with Crippen LogP contribution >= 0.6 is 23.8 Å². The number of nitrogens with two attached hydrogens (primary N) is 1. The molecule has 0 radical (unpaired) electrons. The molecule has 0 aliphatic heterocycles. The Bertz CT molecular complexity index is 847. The highest BCUT2D eigenvalue weighted by Crippen LogP contribution is 2.33. The SMILES string of the molecule is NC(=S)Nc1ccc(O)c(-c2nc3cc(Cl)ccc3o2)c1. The van der Waals surface area contributed by atoms with Gasteiger partial charge in [-0.05, 0) is 48.6 Å². The third kappa shape index (κ3) is 2.76. The van der Waals surface area contributed by atoms with Gasteiger partial charge in [0.15, 0.2) is 10.7 Å². The number of rotatable bonds is 2. The Labute approximate surface area is 130 Å². The lowest BCUT2D eigenvalue weighted by molar-refractivity contribution is 0.474. The normalized spacial score (nSPS) is 10.7. The van der Waals surface area contributed by atoms with Crippen molar-refractivity contribution in [3.05, 3.63) is 41.4 Å². The first-order valence-electron chi connectivity index (χ1n) is 5.99. The number of nitrogens with one attached hydrogen (secondary N) is 1. The van der Waals surface area contributed by atoms with E-state index in [2.05, 4.69) is 10.3 Å². The van der Waals surface area contributed by atoms with Crippen molar-refractivity contribution in [1.82, 2.24) is 4.98 Å². The Kier molecular flexibility index (Phi) is 3.40. The number of oxazole rings is 1. The van der Waals surface area contributed by atoms with Gasteiger partial charge in [-0.3, -0.25) is 0 Å². The molecule has 5 nitrogen and oxygen atoms in total. The molecule has 0 spiro atoms. The van der Waals surface area contributed by atoms with Crippen LogP contribution < -0.4 is 11.1 Å². The van der Waals surface area contributed by atoms with E-state index in [1.807, 2.05) is 0 Å². The number of phenols is 1. The summed E-state index contributed by atoms with van der Waals surface area (Å²) >= 11 is 10.7. The highest BCUT2D eigenvalue weighted by Gasteiger charge is 2.13. The van der Waals surface area contributed by atoms with Gasteiger partial charge in [-0.1, -0.05) is 11.6 Å². The van der Waals surface area contributed by atoms with Gasteiger partial charge in [0.2, 0.25) is 5.89 Å². The first-order valence-corrected chi connectivity index (χ1v) is 6.77. The molecule has 0 saturated carbocycles. The van der Waals surface area contributed by atoms with Gasteiger partial charge in [-0.15, -0.1) is 0 Å². The lowest BCUT2D eigenvalue weighted by Crippen LogP contribution is -2.18. The van der Waals surface area contributed by atoms with Crippen LogP contribution in [0.4, 0.5) is 5.69 Å². The van der Waals surface area contributed by atoms with Gasteiger partial charge in [-0.2, -0.15) is 0 Å². The van der Waals surface area contributed by atoms with E-state index in [1.165, 1.54) is 6.07 Å². The summed E-state index contributed by atoms with van der Waals surface area (Å²) < 4.78 is 5.63. The van der Waals surface area contributed by atoms with E-state index in [1.54, 1.807) is 30.3 Å². The van der Waals surface area contributed by atoms with Crippen LogP contribution in [0.1, 0.15) is 0 Å². The summed E-state index contributed by atoms with van der Waals surface area (Å²) in [5.74, 6) is 0.331. The van der Waals surface area contributed by atoms with Crippen LogP contribution in [-0.4, -0.2) is 15.2 Å². The number of hydrogen-bond acceptors (Lipinski definition) is 4. The zero-order valence-electron chi connectivity index (χ0n) is 10.6. The Morgan fingerprint density at radius 2 is 2.10 bits per heavy atom. The smallest absolute Gasteiger partial charge is 0.231 e. The molecule has 1 heterocycles. The molecule has 0 amide bonds. The molecule has 4 N–H and O–H groups in total. The van der Waals surface area contributed by atoms with Crippen molar-refractivity contribution in [2.45, 2.75) is 0 Å². The summed E-state index contributed by atoms with van der Waals surface area (Å²) in [6.07, 6.45) is 0. The van der Waals surface area contributed by atoms with Crippen LogP contribution in [0.25, 0.3) is 22.6 Å². The Hall–Kier alpha value is -2.31. The lowest BCUT2D eigenvalue weighted by atomic mass is 10.1. The molecule has 106 valence electrons. The molecule has 0 saturated heterocycles. The maximum Gasteiger partial charge on any atom is 0.231 e. The number of fused-ring (bicyclic) bond motifs is 1. The van der Waals surface area contributed by atoms with Crippen LogP contribution in [0.5, 0.6) is 5.75 Å². The second-order valence-electron chi connectivity index (χ2n) is 4.35. The van der Waals surface area contributed by atoms with Crippen LogP contribution in [-0.2, 0) is 0 Å². The zero-order valence-corrected chi connectivity index (χ0v) is 12.2. The maximum absolute atomic E-state index is 9.98. The molecule has 3 rings (SSSR count). The van der Waals surface area contributed by atoms with Crippen molar-refractivity contribution in [2.75, 3.05) is 5.32 Å². The van der Waals surface area contributed by atoms with Crippen molar-refractivity contribution in [1.29, 1.82) is 0 Å². The predicted octanol–water partition coefficient (Wildman–Crippen LogP) is 3.51.